The van der Waals surface area contributed by atoms with Gasteiger partial charge in [-0.2, -0.15) is 4.98 Å². The van der Waals surface area contributed by atoms with E-state index in [0.29, 0.717) is 60.9 Å². The van der Waals surface area contributed by atoms with Crippen molar-refractivity contribution in [1.82, 2.24) is 15.0 Å². The van der Waals surface area contributed by atoms with Crippen LogP contribution >= 0.6 is 0 Å². The number of rotatable bonds is 8. The van der Waals surface area contributed by atoms with E-state index in [1.54, 1.807) is 27.4 Å². The molecule has 9 heteroatoms. The first-order chi connectivity index (χ1) is 13.2. The smallest absolute Gasteiger partial charge is 0.241 e. The Morgan fingerprint density at radius 3 is 2.59 bits per heavy atom. The van der Waals surface area contributed by atoms with Crippen molar-refractivity contribution in [3.63, 3.8) is 0 Å². The molecule has 0 radical (unpaired) electrons. The van der Waals surface area contributed by atoms with Gasteiger partial charge in [-0.15, -0.1) is 0 Å². The molecule has 27 heavy (non-hydrogen) atoms. The lowest BCUT2D eigenvalue weighted by Crippen LogP contribution is -2.38. The van der Waals surface area contributed by atoms with E-state index in [2.05, 4.69) is 15.0 Å². The topological polar surface area (TPSA) is 88.3 Å². The molecule has 3 rings (SSSR count). The molecule has 1 aromatic heterocycles. The normalized spacial score (nSPS) is 17.1. The highest BCUT2D eigenvalue weighted by Gasteiger charge is 2.22. The number of hydrogen-bond acceptors (Lipinski definition) is 9. The molecule has 0 aliphatic carbocycles. The lowest BCUT2D eigenvalue weighted by molar-refractivity contribution is -0.0967. The van der Waals surface area contributed by atoms with Gasteiger partial charge in [0, 0.05) is 6.54 Å². The molecule has 1 aliphatic heterocycles. The number of aromatic nitrogens is 2. The third-order valence-corrected chi connectivity index (χ3v) is 4.22. The molecule has 0 amide bonds. The molecule has 1 saturated heterocycles. The molecule has 1 atom stereocenters. The molecular weight excluding hydrogens is 354 g/mol. The zero-order valence-corrected chi connectivity index (χ0v) is 16.1. The van der Waals surface area contributed by atoms with Gasteiger partial charge < -0.3 is 28.2 Å². The summed E-state index contributed by atoms with van der Waals surface area (Å²) < 4.78 is 32.7. The molecule has 148 valence electrons. The van der Waals surface area contributed by atoms with Crippen molar-refractivity contribution in [3.05, 3.63) is 18.0 Å². The van der Waals surface area contributed by atoms with Gasteiger partial charge in [-0.05, 0) is 19.2 Å². The van der Waals surface area contributed by atoms with E-state index in [0.717, 1.165) is 6.54 Å². The van der Waals surface area contributed by atoms with E-state index in [9.17, 15) is 0 Å². The average Bonchev–Trinajstić information content (AvgIpc) is 3.15. The highest BCUT2D eigenvalue weighted by molar-refractivity contribution is 5.71. The van der Waals surface area contributed by atoms with Gasteiger partial charge >= 0.3 is 0 Å². The first-order valence-corrected chi connectivity index (χ1v) is 8.66. The standard InChI is InChI=1S/C18H25N3O6/c1-21(9-12-11-25-7-8-26-12)10-15-19-18(20-27-15)13-5-6-14(22-2)17(24-4)16(13)23-3/h5-6,12H,7-11H2,1-4H3/t12-/m1/s1. The molecule has 1 fully saturated rings. The van der Waals surface area contributed by atoms with Crippen molar-refractivity contribution >= 4 is 0 Å². The first-order valence-electron chi connectivity index (χ1n) is 8.66. The van der Waals surface area contributed by atoms with Gasteiger partial charge in [0.15, 0.2) is 11.5 Å². The van der Waals surface area contributed by atoms with Crippen LogP contribution in [0.2, 0.25) is 0 Å². The molecule has 2 heterocycles. The zero-order valence-electron chi connectivity index (χ0n) is 16.1. The predicted molar refractivity (Wildman–Crippen MR) is 96.3 cm³/mol. The Morgan fingerprint density at radius 1 is 1.11 bits per heavy atom. The van der Waals surface area contributed by atoms with Gasteiger partial charge in [0.25, 0.3) is 0 Å². The maximum atomic E-state index is 5.66. The van der Waals surface area contributed by atoms with Crippen LogP contribution in [-0.2, 0) is 16.0 Å². The van der Waals surface area contributed by atoms with E-state index in [1.807, 2.05) is 13.1 Å². The van der Waals surface area contributed by atoms with Crippen molar-refractivity contribution in [2.45, 2.75) is 12.6 Å². The Morgan fingerprint density at radius 2 is 1.93 bits per heavy atom. The van der Waals surface area contributed by atoms with E-state index >= 15 is 0 Å². The fraction of sp³-hybridized carbons (Fsp3) is 0.556. The zero-order chi connectivity index (χ0) is 19.2. The second kappa shape index (κ2) is 9.03. The average molecular weight is 379 g/mol. The Hall–Kier alpha value is -2.36. The minimum Gasteiger partial charge on any atom is -0.493 e. The Labute approximate surface area is 158 Å². The number of ether oxygens (including phenoxy) is 5. The van der Waals surface area contributed by atoms with Crippen LogP contribution in [0.15, 0.2) is 16.7 Å². The maximum Gasteiger partial charge on any atom is 0.241 e. The van der Waals surface area contributed by atoms with Gasteiger partial charge in [0.2, 0.25) is 17.5 Å². The first kappa shape index (κ1) is 19.4. The van der Waals surface area contributed by atoms with Crippen LogP contribution in [0.5, 0.6) is 17.2 Å². The van der Waals surface area contributed by atoms with Gasteiger partial charge in [0.1, 0.15) is 0 Å². The molecule has 0 bridgehead atoms. The Kier molecular flexibility index (Phi) is 6.49. The number of nitrogens with zero attached hydrogens (tertiary/aromatic N) is 3. The van der Waals surface area contributed by atoms with E-state index < -0.39 is 0 Å². The second-order valence-corrected chi connectivity index (χ2v) is 6.16. The molecule has 0 N–H and O–H groups in total. The van der Waals surface area contributed by atoms with Crippen LogP contribution in [0, 0.1) is 0 Å². The lowest BCUT2D eigenvalue weighted by Gasteiger charge is -2.26. The van der Waals surface area contributed by atoms with Crippen LogP contribution in [0.4, 0.5) is 0 Å². The van der Waals surface area contributed by atoms with Crippen LogP contribution in [0.25, 0.3) is 11.4 Å². The largest absolute Gasteiger partial charge is 0.493 e. The maximum absolute atomic E-state index is 5.66. The molecule has 1 aliphatic rings. The summed E-state index contributed by atoms with van der Waals surface area (Å²) in [5.41, 5.74) is 0.664. The quantitative estimate of drug-likeness (QED) is 0.678. The lowest BCUT2D eigenvalue weighted by atomic mass is 10.1. The van der Waals surface area contributed by atoms with Gasteiger partial charge in [-0.25, -0.2) is 0 Å². The fourth-order valence-electron chi connectivity index (χ4n) is 2.99. The molecule has 0 saturated carbocycles. The van der Waals surface area contributed by atoms with E-state index in [4.69, 9.17) is 28.2 Å². The fourth-order valence-corrected chi connectivity index (χ4v) is 2.99. The summed E-state index contributed by atoms with van der Waals surface area (Å²) >= 11 is 0. The molecule has 0 spiro atoms. The molecule has 2 aromatic rings. The van der Waals surface area contributed by atoms with Gasteiger partial charge in [0.05, 0.1) is 59.4 Å². The van der Waals surface area contributed by atoms with Crippen LogP contribution in [0.1, 0.15) is 5.89 Å². The highest BCUT2D eigenvalue weighted by atomic mass is 16.6. The van der Waals surface area contributed by atoms with Crippen molar-refractivity contribution in [2.24, 2.45) is 0 Å². The van der Waals surface area contributed by atoms with Gasteiger partial charge in [-0.3, -0.25) is 4.90 Å². The third-order valence-electron chi connectivity index (χ3n) is 4.22. The number of methoxy groups -OCH3 is 3. The predicted octanol–water partition coefficient (Wildman–Crippen LogP) is 1.61. The Balaban J connectivity index is 1.73. The Bertz CT molecular complexity index is 745. The molecule has 9 nitrogen and oxygen atoms in total. The summed E-state index contributed by atoms with van der Waals surface area (Å²) in [6.07, 6.45) is 0.0529. The third kappa shape index (κ3) is 4.49. The van der Waals surface area contributed by atoms with Crippen molar-refractivity contribution < 1.29 is 28.2 Å². The monoisotopic (exact) mass is 379 g/mol. The summed E-state index contributed by atoms with van der Waals surface area (Å²) in [7, 11) is 6.65. The number of likely N-dealkylation sites (N-methyl/N-ethyl adjacent to an activating group) is 1. The van der Waals surface area contributed by atoms with Gasteiger partial charge in [-0.1, -0.05) is 5.16 Å². The van der Waals surface area contributed by atoms with Crippen LogP contribution in [0.3, 0.4) is 0 Å². The highest BCUT2D eigenvalue weighted by Crippen LogP contribution is 2.43. The van der Waals surface area contributed by atoms with Crippen LogP contribution in [-0.4, -0.2) is 75.9 Å². The minimum atomic E-state index is 0.0529. The van der Waals surface area contributed by atoms with E-state index in [-0.39, 0.29) is 6.10 Å². The molecular formula is C18H25N3O6. The number of hydrogen-bond donors (Lipinski definition) is 0. The molecule has 1 aromatic carbocycles. The second-order valence-electron chi connectivity index (χ2n) is 6.16. The summed E-state index contributed by atoms with van der Waals surface area (Å²) in [4.78, 5) is 6.54. The summed E-state index contributed by atoms with van der Waals surface area (Å²) in [5.74, 6) is 2.46. The minimum absolute atomic E-state index is 0.0529. The van der Waals surface area contributed by atoms with Crippen molar-refractivity contribution in [2.75, 3.05) is 54.7 Å². The summed E-state index contributed by atoms with van der Waals surface area (Å²) in [5, 5.41) is 4.08. The van der Waals surface area contributed by atoms with Crippen molar-refractivity contribution in [1.29, 1.82) is 0 Å². The van der Waals surface area contributed by atoms with Crippen LogP contribution < -0.4 is 14.2 Å². The van der Waals surface area contributed by atoms with Crippen molar-refractivity contribution in [3.8, 4) is 28.6 Å². The number of benzene rings is 1. The summed E-state index contributed by atoms with van der Waals surface area (Å²) in [6, 6.07) is 3.59. The van der Waals surface area contributed by atoms with E-state index in [1.165, 1.54) is 0 Å². The molecule has 0 unspecified atom stereocenters. The summed E-state index contributed by atoms with van der Waals surface area (Å²) in [6.45, 7) is 3.10. The SMILES string of the molecule is COc1ccc(-c2noc(CN(C)C[C@@H]3COCCO3)n2)c(OC)c1OC.